The van der Waals surface area contributed by atoms with Crippen molar-refractivity contribution < 1.29 is 7.77 Å². The number of anilines is 1. The van der Waals surface area contributed by atoms with E-state index in [1.54, 1.807) is 30.3 Å². The van der Waals surface area contributed by atoms with E-state index in [1.807, 2.05) is 0 Å². The van der Waals surface area contributed by atoms with Crippen LogP contribution in [0.15, 0.2) is 30.3 Å². The van der Waals surface area contributed by atoms with E-state index in [1.165, 1.54) is 7.05 Å². The standard InChI is InChI=1S/C7H8F2NS/c1-10(11(8)9)7-5-3-2-4-6-7/h2-6H,1H3/q+1. The molecular weight excluding hydrogens is 168 g/mol. The topological polar surface area (TPSA) is 3.24 Å². The Morgan fingerprint density at radius 2 is 1.73 bits per heavy atom. The molecule has 1 rings (SSSR count). The second kappa shape index (κ2) is 3.57. The highest BCUT2D eigenvalue weighted by molar-refractivity contribution is 7.88. The lowest BCUT2D eigenvalue weighted by molar-refractivity contribution is 0.762. The van der Waals surface area contributed by atoms with Crippen molar-refractivity contribution in [3.8, 4) is 0 Å². The molecule has 1 nitrogen and oxygen atoms in total. The number of nitrogens with zero attached hydrogens (tertiary/aromatic N) is 1. The van der Waals surface area contributed by atoms with Crippen LogP contribution in [0.5, 0.6) is 0 Å². The molecule has 0 heterocycles. The van der Waals surface area contributed by atoms with Gasteiger partial charge in [0.25, 0.3) is 0 Å². The van der Waals surface area contributed by atoms with Gasteiger partial charge in [-0.2, -0.15) is 0 Å². The number of rotatable bonds is 2. The first-order valence-electron chi connectivity index (χ1n) is 3.07. The molecule has 11 heavy (non-hydrogen) atoms. The van der Waals surface area contributed by atoms with Gasteiger partial charge in [-0.15, -0.1) is 4.31 Å². The van der Waals surface area contributed by atoms with Crippen molar-refractivity contribution in [1.29, 1.82) is 0 Å². The van der Waals surface area contributed by atoms with Crippen LogP contribution in [0.2, 0.25) is 0 Å². The van der Waals surface area contributed by atoms with Crippen LogP contribution < -0.4 is 4.31 Å². The predicted molar refractivity (Wildman–Crippen MR) is 44.4 cm³/mol. The summed E-state index contributed by atoms with van der Waals surface area (Å²) >= 11 is -2.68. The molecule has 0 saturated heterocycles. The summed E-state index contributed by atoms with van der Waals surface area (Å²) in [4.78, 5) is 0. The molecule has 1 aromatic rings. The molecule has 60 valence electrons. The maximum atomic E-state index is 12.1. The minimum absolute atomic E-state index is 0.542. The fraction of sp³-hybridized carbons (Fsp3) is 0.143. The molecule has 0 aliphatic carbocycles. The van der Waals surface area contributed by atoms with Gasteiger partial charge in [0.1, 0.15) is 0 Å². The average Bonchev–Trinajstić information content (AvgIpc) is 2.05. The average molecular weight is 176 g/mol. The zero-order chi connectivity index (χ0) is 8.27. The third-order valence-corrected chi connectivity index (χ3v) is 1.95. The van der Waals surface area contributed by atoms with Crippen LogP contribution in [0.1, 0.15) is 0 Å². The Balaban J connectivity index is 2.77. The van der Waals surface area contributed by atoms with E-state index in [9.17, 15) is 7.77 Å². The first kappa shape index (κ1) is 8.33. The van der Waals surface area contributed by atoms with Gasteiger partial charge in [-0.25, -0.2) is 0 Å². The quantitative estimate of drug-likeness (QED) is 0.625. The fourth-order valence-corrected chi connectivity index (χ4v) is 0.999. The highest BCUT2D eigenvalue weighted by Crippen LogP contribution is 2.17. The molecule has 4 heteroatoms. The summed E-state index contributed by atoms with van der Waals surface area (Å²) in [5, 5.41) is 0. The Kier molecular flexibility index (Phi) is 2.70. The lowest BCUT2D eigenvalue weighted by Gasteiger charge is -2.03. The SMILES string of the molecule is CN(c1ccccc1)[S+](F)F. The van der Waals surface area contributed by atoms with E-state index < -0.39 is 11.9 Å². The van der Waals surface area contributed by atoms with Gasteiger partial charge in [-0.1, -0.05) is 18.2 Å². The Labute approximate surface area is 67.7 Å². The maximum Gasteiger partial charge on any atom is 0.555 e. The van der Waals surface area contributed by atoms with Crippen molar-refractivity contribution in [1.82, 2.24) is 0 Å². The monoisotopic (exact) mass is 176 g/mol. The molecule has 0 atom stereocenters. The summed E-state index contributed by atoms with van der Waals surface area (Å²) in [5.74, 6) is 0. The van der Waals surface area contributed by atoms with Crippen LogP contribution in [-0.4, -0.2) is 7.05 Å². The van der Waals surface area contributed by atoms with Crippen LogP contribution in [-0.2, 0) is 11.9 Å². The van der Waals surface area contributed by atoms with Crippen molar-refractivity contribution in [2.45, 2.75) is 0 Å². The minimum Gasteiger partial charge on any atom is -0.126 e. The number of hydrogen-bond acceptors (Lipinski definition) is 1. The van der Waals surface area contributed by atoms with E-state index in [4.69, 9.17) is 0 Å². The maximum absolute atomic E-state index is 12.1. The molecule has 0 aromatic heterocycles. The van der Waals surface area contributed by atoms with Crippen molar-refractivity contribution in [3.63, 3.8) is 0 Å². The molecular formula is C7H8F2NS+. The van der Waals surface area contributed by atoms with Crippen molar-refractivity contribution in [2.75, 3.05) is 11.4 Å². The smallest absolute Gasteiger partial charge is 0.126 e. The molecule has 0 fully saturated rings. The van der Waals surface area contributed by atoms with Gasteiger partial charge in [0.15, 0.2) is 0 Å². The largest absolute Gasteiger partial charge is 0.555 e. The van der Waals surface area contributed by atoms with Crippen LogP contribution in [0, 0.1) is 0 Å². The predicted octanol–water partition coefficient (Wildman–Crippen LogP) is 2.43. The highest BCUT2D eigenvalue weighted by Gasteiger charge is 2.27. The molecule has 0 aliphatic heterocycles. The summed E-state index contributed by atoms with van der Waals surface area (Å²) in [5.41, 5.74) is 0.542. The Morgan fingerprint density at radius 3 is 2.18 bits per heavy atom. The summed E-state index contributed by atoms with van der Waals surface area (Å²) in [6, 6.07) is 8.57. The molecule has 0 radical (unpaired) electrons. The van der Waals surface area contributed by atoms with Gasteiger partial charge in [0.05, 0.1) is 20.5 Å². The molecule has 0 amide bonds. The van der Waals surface area contributed by atoms with Crippen LogP contribution in [0.4, 0.5) is 13.5 Å². The Hall–Kier alpha value is -0.770. The summed E-state index contributed by atoms with van der Waals surface area (Å²) in [7, 11) is 1.37. The molecule has 0 spiro atoms. The van der Waals surface area contributed by atoms with E-state index in [0.717, 1.165) is 4.31 Å². The van der Waals surface area contributed by atoms with Crippen LogP contribution in [0.3, 0.4) is 0 Å². The fourth-order valence-electron chi connectivity index (χ4n) is 0.718. The molecule has 0 saturated carbocycles. The van der Waals surface area contributed by atoms with Gasteiger partial charge < -0.3 is 0 Å². The van der Waals surface area contributed by atoms with Gasteiger partial charge >= 0.3 is 11.9 Å². The second-order valence-corrected chi connectivity index (χ2v) is 2.97. The van der Waals surface area contributed by atoms with E-state index in [-0.39, 0.29) is 0 Å². The summed E-state index contributed by atoms with van der Waals surface area (Å²) < 4.78 is 25.1. The highest BCUT2D eigenvalue weighted by atomic mass is 32.3. The van der Waals surface area contributed by atoms with Gasteiger partial charge in [-0.05, 0) is 12.1 Å². The Morgan fingerprint density at radius 1 is 1.18 bits per heavy atom. The van der Waals surface area contributed by atoms with Crippen molar-refractivity contribution in [3.05, 3.63) is 30.3 Å². The molecule has 0 aliphatic rings. The minimum atomic E-state index is -2.68. The lowest BCUT2D eigenvalue weighted by atomic mass is 10.3. The zero-order valence-corrected chi connectivity index (χ0v) is 6.81. The normalized spacial score (nSPS) is 10.2. The first-order chi connectivity index (χ1) is 5.22. The summed E-state index contributed by atoms with van der Waals surface area (Å²) in [6.45, 7) is 0. The van der Waals surface area contributed by atoms with E-state index in [0.29, 0.717) is 5.69 Å². The molecule has 0 unspecified atom stereocenters. The van der Waals surface area contributed by atoms with E-state index in [2.05, 4.69) is 0 Å². The molecule has 1 aromatic carbocycles. The van der Waals surface area contributed by atoms with Gasteiger partial charge in [-0.3, -0.25) is 0 Å². The van der Waals surface area contributed by atoms with E-state index >= 15 is 0 Å². The molecule has 0 bridgehead atoms. The van der Waals surface area contributed by atoms with Crippen molar-refractivity contribution >= 4 is 17.5 Å². The van der Waals surface area contributed by atoms with Crippen LogP contribution in [0.25, 0.3) is 0 Å². The second-order valence-electron chi connectivity index (χ2n) is 2.03. The van der Waals surface area contributed by atoms with Crippen molar-refractivity contribution in [2.24, 2.45) is 0 Å². The van der Waals surface area contributed by atoms with Gasteiger partial charge in [0, 0.05) is 0 Å². The number of halogens is 2. The third kappa shape index (κ3) is 2.08. The number of para-hydroxylation sites is 1. The molecule has 0 N–H and O–H groups in total. The van der Waals surface area contributed by atoms with Crippen LogP contribution >= 0.6 is 0 Å². The first-order valence-corrected chi connectivity index (χ1v) is 4.06. The van der Waals surface area contributed by atoms with Gasteiger partial charge in [0.2, 0.25) is 0 Å². The third-order valence-electron chi connectivity index (χ3n) is 1.33. The lowest BCUT2D eigenvalue weighted by Crippen LogP contribution is -2.18. The summed E-state index contributed by atoms with van der Waals surface area (Å²) in [6.07, 6.45) is 0. The number of hydrogen-bond donors (Lipinski definition) is 0. The Bertz CT molecular complexity index is 215. The zero-order valence-electron chi connectivity index (χ0n) is 6.00. The number of benzene rings is 1.